The van der Waals surface area contributed by atoms with Gasteiger partial charge < -0.3 is 0 Å². The fourth-order valence-electron chi connectivity index (χ4n) is 1.86. The number of sulfone groups is 1. The second-order valence-electron chi connectivity index (χ2n) is 5.11. The number of aryl methyl sites for hydroxylation is 1. The molecule has 23 heavy (non-hydrogen) atoms. The van der Waals surface area contributed by atoms with Gasteiger partial charge in [0.15, 0.2) is 9.84 Å². The third-order valence-electron chi connectivity index (χ3n) is 3.13. The molecule has 0 spiro atoms. The Morgan fingerprint density at radius 1 is 0.957 bits per heavy atom. The molecule has 0 atom stereocenters. The molecule has 0 unspecified atom stereocenters. The Morgan fingerprint density at radius 2 is 1.61 bits per heavy atom. The van der Waals surface area contributed by atoms with E-state index in [0.29, 0.717) is 5.56 Å². The maximum atomic E-state index is 12.1. The summed E-state index contributed by atoms with van der Waals surface area (Å²) in [6.45, 7) is 1.70. The zero-order chi connectivity index (χ0) is 17.1. The van der Waals surface area contributed by atoms with Gasteiger partial charge in [-0.15, -0.1) is 0 Å². The van der Waals surface area contributed by atoms with Crippen LogP contribution in [-0.2, 0) is 19.9 Å². The van der Waals surface area contributed by atoms with E-state index in [9.17, 15) is 16.8 Å². The molecule has 7 heteroatoms. The molecule has 122 valence electrons. The van der Waals surface area contributed by atoms with Gasteiger partial charge in [0.05, 0.1) is 16.0 Å². The quantitative estimate of drug-likeness (QED) is 0.898. The smallest absolute Gasteiger partial charge is 0.255 e. The largest absolute Gasteiger partial charge is 0.280 e. The summed E-state index contributed by atoms with van der Waals surface area (Å²) in [5.41, 5.74) is 1.62. The van der Waals surface area contributed by atoms with Crippen LogP contribution in [0.15, 0.2) is 58.8 Å². The predicted octanol–water partition coefficient (Wildman–Crippen LogP) is 2.81. The van der Waals surface area contributed by atoms with E-state index in [1.807, 2.05) is 6.07 Å². The first-order chi connectivity index (χ1) is 10.7. The lowest BCUT2D eigenvalue weighted by molar-refractivity contribution is 0.601. The van der Waals surface area contributed by atoms with Gasteiger partial charge in [-0.25, -0.2) is 16.8 Å². The minimum atomic E-state index is -3.74. The Bertz CT molecular complexity index is 931. The molecule has 0 fully saturated rings. The normalized spacial score (nSPS) is 12.4. The van der Waals surface area contributed by atoms with Crippen LogP contribution in [0.25, 0.3) is 6.08 Å². The number of benzene rings is 2. The number of sulfonamides is 1. The molecule has 0 saturated carbocycles. The van der Waals surface area contributed by atoms with Crippen LogP contribution < -0.4 is 4.72 Å². The number of rotatable bonds is 5. The van der Waals surface area contributed by atoms with Crippen LogP contribution in [0.3, 0.4) is 0 Å². The molecular weight excluding hydrogens is 334 g/mol. The molecule has 5 nitrogen and oxygen atoms in total. The van der Waals surface area contributed by atoms with Gasteiger partial charge in [-0.2, -0.15) is 0 Å². The SMILES string of the molecule is Cc1ccc(S(C)(=O)=O)cc1NS(=O)(=O)/C=C/c1ccccc1. The number of hydrogen-bond acceptors (Lipinski definition) is 4. The van der Waals surface area contributed by atoms with Crippen LogP contribution in [-0.4, -0.2) is 23.1 Å². The summed E-state index contributed by atoms with van der Waals surface area (Å²) in [6, 6.07) is 13.3. The summed E-state index contributed by atoms with van der Waals surface area (Å²) in [5, 5.41) is 1.05. The van der Waals surface area contributed by atoms with Crippen molar-refractivity contribution in [2.24, 2.45) is 0 Å². The first-order valence-electron chi connectivity index (χ1n) is 6.74. The van der Waals surface area contributed by atoms with Gasteiger partial charge in [0.25, 0.3) is 10.0 Å². The van der Waals surface area contributed by atoms with Crippen molar-refractivity contribution >= 4 is 31.6 Å². The standard InChI is InChI=1S/C16H17NO4S2/c1-13-8-9-15(22(2,18)19)12-16(13)17-23(20,21)11-10-14-6-4-3-5-7-14/h3-12,17H,1-2H3/b11-10+. The van der Waals surface area contributed by atoms with Gasteiger partial charge in [-0.3, -0.25) is 4.72 Å². The van der Waals surface area contributed by atoms with E-state index < -0.39 is 19.9 Å². The zero-order valence-corrected chi connectivity index (χ0v) is 14.4. The highest BCUT2D eigenvalue weighted by molar-refractivity contribution is 7.95. The van der Waals surface area contributed by atoms with Gasteiger partial charge in [-0.1, -0.05) is 36.4 Å². The van der Waals surface area contributed by atoms with Crippen molar-refractivity contribution in [3.63, 3.8) is 0 Å². The van der Waals surface area contributed by atoms with E-state index in [0.717, 1.165) is 17.2 Å². The summed E-state index contributed by atoms with van der Waals surface area (Å²) in [5.74, 6) is 0. The molecule has 0 bridgehead atoms. The van der Waals surface area contributed by atoms with Crippen molar-refractivity contribution in [1.82, 2.24) is 0 Å². The molecular formula is C16H17NO4S2. The van der Waals surface area contributed by atoms with E-state index in [4.69, 9.17) is 0 Å². The third kappa shape index (κ3) is 4.94. The van der Waals surface area contributed by atoms with Crippen LogP contribution in [0.1, 0.15) is 11.1 Å². The molecule has 0 aliphatic carbocycles. The zero-order valence-electron chi connectivity index (χ0n) is 12.7. The third-order valence-corrected chi connectivity index (χ3v) is 5.24. The van der Waals surface area contributed by atoms with Crippen LogP contribution in [0.2, 0.25) is 0 Å². The highest BCUT2D eigenvalue weighted by atomic mass is 32.2. The summed E-state index contributed by atoms with van der Waals surface area (Å²) in [4.78, 5) is 0.0628. The van der Waals surface area contributed by atoms with Crippen LogP contribution in [0.5, 0.6) is 0 Å². The minimum absolute atomic E-state index is 0.0628. The van der Waals surface area contributed by atoms with Gasteiger partial charge >= 0.3 is 0 Å². The summed E-state index contributed by atoms with van der Waals surface area (Å²) >= 11 is 0. The van der Waals surface area contributed by atoms with Crippen LogP contribution in [0, 0.1) is 6.92 Å². The lowest BCUT2D eigenvalue weighted by Crippen LogP contribution is -2.11. The monoisotopic (exact) mass is 351 g/mol. The lowest BCUT2D eigenvalue weighted by Gasteiger charge is -2.09. The summed E-state index contributed by atoms with van der Waals surface area (Å²) in [7, 11) is -7.15. The molecule has 2 rings (SSSR count). The van der Waals surface area contributed by atoms with Crippen LogP contribution >= 0.6 is 0 Å². The van der Waals surface area contributed by atoms with E-state index in [2.05, 4.69) is 4.72 Å². The number of nitrogens with one attached hydrogen (secondary N) is 1. The molecule has 2 aromatic carbocycles. The minimum Gasteiger partial charge on any atom is -0.280 e. The fourth-order valence-corrected chi connectivity index (χ4v) is 3.44. The number of hydrogen-bond donors (Lipinski definition) is 1. The predicted molar refractivity (Wildman–Crippen MR) is 92.3 cm³/mol. The molecule has 0 saturated heterocycles. The molecule has 2 aromatic rings. The van der Waals surface area contributed by atoms with Gasteiger partial charge in [0, 0.05) is 6.26 Å². The second-order valence-corrected chi connectivity index (χ2v) is 8.69. The first kappa shape index (κ1) is 17.2. The van der Waals surface area contributed by atoms with E-state index >= 15 is 0 Å². The Hall–Kier alpha value is -2.12. The molecule has 0 aliphatic heterocycles. The first-order valence-corrected chi connectivity index (χ1v) is 10.2. The Morgan fingerprint density at radius 3 is 2.22 bits per heavy atom. The average molecular weight is 351 g/mol. The average Bonchev–Trinajstić information content (AvgIpc) is 2.47. The highest BCUT2D eigenvalue weighted by Crippen LogP contribution is 2.21. The lowest BCUT2D eigenvalue weighted by atomic mass is 10.2. The maximum Gasteiger partial charge on any atom is 0.255 e. The van der Waals surface area contributed by atoms with E-state index in [1.54, 1.807) is 37.3 Å². The van der Waals surface area contributed by atoms with Gasteiger partial charge in [-0.05, 0) is 36.3 Å². The van der Waals surface area contributed by atoms with Crippen molar-refractivity contribution in [1.29, 1.82) is 0 Å². The van der Waals surface area contributed by atoms with Crippen molar-refractivity contribution in [3.8, 4) is 0 Å². The Balaban J connectivity index is 2.29. The Kier molecular flexibility index (Phi) is 4.91. The van der Waals surface area contributed by atoms with Crippen LogP contribution in [0.4, 0.5) is 5.69 Å². The molecule has 0 amide bonds. The molecule has 0 radical (unpaired) electrons. The Labute approximate surface area is 136 Å². The van der Waals surface area contributed by atoms with E-state index in [-0.39, 0.29) is 10.6 Å². The van der Waals surface area contributed by atoms with Crippen molar-refractivity contribution in [2.75, 3.05) is 11.0 Å². The topological polar surface area (TPSA) is 80.3 Å². The number of anilines is 1. The molecule has 0 aliphatic rings. The molecule has 0 heterocycles. The molecule has 0 aromatic heterocycles. The van der Waals surface area contributed by atoms with Gasteiger partial charge in [0.1, 0.15) is 0 Å². The van der Waals surface area contributed by atoms with E-state index in [1.165, 1.54) is 18.2 Å². The highest BCUT2D eigenvalue weighted by Gasteiger charge is 2.13. The van der Waals surface area contributed by atoms with Crippen molar-refractivity contribution in [2.45, 2.75) is 11.8 Å². The van der Waals surface area contributed by atoms with Crippen molar-refractivity contribution < 1.29 is 16.8 Å². The summed E-state index contributed by atoms with van der Waals surface area (Å²) < 4.78 is 49.8. The van der Waals surface area contributed by atoms with Gasteiger partial charge in [0.2, 0.25) is 0 Å². The second kappa shape index (κ2) is 6.55. The molecule has 1 N–H and O–H groups in total. The van der Waals surface area contributed by atoms with Crippen molar-refractivity contribution in [3.05, 3.63) is 65.1 Å². The maximum absolute atomic E-state index is 12.1. The summed E-state index contributed by atoms with van der Waals surface area (Å²) in [6.07, 6.45) is 2.54. The fraction of sp³-hybridized carbons (Fsp3) is 0.125.